The summed E-state index contributed by atoms with van der Waals surface area (Å²) in [6.45, 7) is 2.71. The molecule has 1 aromatic rings. The number of aliphatic hydroxyl groups is 2. The first-order valence-corrected chi connectivity index (χ1v) is 6.08. The first-order chi connectivity index (χ1) is 8.54. The zero-order valence-corrected chi connectivity index (χ0v) is 10.7. The van der Waals surface area contributed by atoms with Crippen molar-refractivity contribution < 1.29 is 14.9 Å². The molecule has 0 saturated carbocycles. The monoisotopic (exact) mass is 252 g/mol. The van der Waals surface area contributed by atoms with E-state index in [2.05, 4.69) is 0 Å². The molecule has 0 aromatic heterocycles. The summed E-state index contributed by atoms with van der Waals surface area (Å²) in [4.78, 5) is 1.94. The first kappa shape index (κ1) is 13.1. The molecule has 18 heavy (non-hydrogen) atoms. The fourth-order valence-electron chi connectivity index (χ4n) is 2.41. The van der Waals surface area contributed by atoms with E-state index in [1.165, 1.54) is 0 Å². The molecule has 100 valence electrons. The Bertz CT molecular complexity index is 413. The minimum Gasteiger partial charge on any atom is -0.496 e. The maximum Gasteiger partial charge on any atom is 0.125 e. The van der Waals surface area contributed by atoms with Gasteiger partial charge in [-0.2, -0.15) is 0 Å². The highest BCUT2D eigenvalue weighted by Gasteiger charge is 2.31. The molecule has 5 heteroatoms. The Balaban J connectivity index is 2.38. The number of ether oxygens (including phenoxy) is 1. The minimum absolute atomic E-state index is 0.175. The number of rotatable bonds is 3. The molecule has 1 fully saturated rings. The number of aliphatic hydroxyl groups excluding tert-OH is 2. The summed E-state index contributed by atoms with van der Waals surface area (Å²) in [5, 5.41) is 19.3. The predicted molar refractivity (Wildman–Crippen MR) is 69.8 cm³/mol. The van der Waals surface area contributed by atoms with Crippen LogP contribution in [0.4, 0.5) is 5.69 Å². The maximum atomic E-state index is 9.63. The Morgan fingerprint density at radius 1 is 1.33 bits per heavy atom. The molecule has 0 spiro atoms. The fraction of sp³-hybridized carbons (Fsp3) is 0.538. The van der Waals surface area contributed by atoms with Crippen LogP contribution in [0.1, 0.15) is 18.5 Å². The summed E-state index contributed by atoms with van der Waals surface area (Å²) in [6.07, 6.45) is -1.42. The van der Waals surface area contributed by atoms with Crippen molar-refractivity contribution in [3.63, 3.8) is 0 Å². The summed E-state index contributed by atoms with van der Waals surface area (Å²) < 4.78 is 5.33. The van der Waals surface area contributed by atoms with E-state index in [0.717, 1.165) is 17.0 Å². The van der Waals surface area contributed by atoms with Crippen molar-refractivity contribution >= 4 is 5.69 Å². The lowest BCUT2D eigenvalue weighted by atomic mass is 10.0. The predicted octanol–water partition coefficient (Wildman–Crippen LogP) is 0.257. The molecule has 3 unspecified atom stereocenters. The molecule has 1 aromatic carbocycles. The summed E-state index contributed by atoms with van der Waals surface area (Å²) >= 11 is 0. The van der Waals surface area contributed by atoms with Gasteiger partial charge in [-0.25, -0.2) is 0 Å². The van der Waals surface area contributed by atoms with Crippen molar-refractivity contribution in [2.45, 2.75) is 25.2 Å². The lowest BCUT2D eigenvalue weighted by molar-refractivity contribution is 0.0572. The van der Waals surface area contributed by atoms with Crippen molar-refractivity contribution in [1.29, 1.82) is 0 Å². The number of nitrogens with zero attached hydrogens (tertiary/aromatic N) is 1. The van der Waals surface area contributed by atoms with E-state index < -0.39 is 12.2 Å². The van der Waals surface area contributed by atoms with Gasteiger partial charge >= 0.3 is 0 Å². The molecule has 0 amide bonds. The fourth-order valence-corrected chi connectivity index (χ4v) is 2.41. The molecule has 1 heterocycles. The van der Waals surface area contributed by atoms with Gasteiger partial charge in [-0.05, 0) is 19.1 Å². The van der Waals surface area contributed by atoms with Crippen molar-refractivity contribution in [3.8, 4) is 5.75 Å². The lowest BCUT2D eigenvalue weighted by Gasteiger charge is -2.24. The lowest BCUT2D eigenvalue weighted by Crippen LogP contribution is -2.24. The molecule has 2 rings (SSSR count). The van der Waals surface area contributed by atoms with Gasteiger partial charge < -0.3 is 25.6 Å². The molecule has 0 bridgehead atoms. The molecule has 0 aliphatic carbocycles. The Labute approximate surface area is 107 Å². The standard InChI is InChI=1S/C13H20N2O3/c1-8(14)13-9(4-3-5-12(13)18-2)15-6-10(16)11(17)7-15/h3-5,8,10-11,16-17H,6-7,14H2,1-2H3. The summed E-state index contributed by atoms with van der Waals surface area (Å²) in [6, 6.07) is 5.51. The molecular weight excluding hydrogens is 232 g/mol. The Kier molecular flexibility index (Phi) is 3.75. The second-order valence-electron chi connectivity index (χ2n) is 4.72. The van der Waals surface area contributed by atoms with E-state index in [1.54, 1.807) is 7.11 Å². The van der Waals surface area contributed by atoms with Crippen LogP contribution in [0, 0.1) is 0 Å². The number of nitrogens with two attached hydrogens (primary N) is 1. The highest BCUT2D eigenvalue weighted by molar-refractivity contribution is 5.61. The maximum absolute atomic E-state index is 9.63. The van der Waals surface area contributed by atoms with Crippen molar-refractivity contribution in [3.05, 3.63) is 23.8 Å². The molecular formula is C13H20N2O3. The number of hydrogen-bond acceptors (Lipinski definition) is 5. The minimum atomic E-state index is -0.711. The summed E-state index contributed by atoms with van der Waals surface area (Å²) in [7, 11) is 1.61. The Hall–Kier alpha value is -1.30. The first-order valence-electron chi connectivity index (χ1n) is 6.08. The van der Waals surface area contributed by atoms with Crippen LogP contribution in [-0.4, -0.2) is 42.6 Å². The van der Waals surface area contributed by atoms with Crippen LogP contribution in [0.3, 0.4) is 0 Å². The third kappa shape index (κ3) is 2.29. The van der Waals surface area contributed by atoms with Gasteiger partial charge in [-0.15, -0.1) is 0 Å². The number of hydrogen-bond donors (Lipinski definition) is 3. The van der Waals surface area contributed by atoms with Gasteiger partial charge in [-0.3, -0.25) is 0 Å². The van der Waals surface area contributed by atoms with Gasteiger partial charge in [0.25, 0.3) is 0 Å². The van der Waals surface area contributed by atoms with Crippen LogP contribution in [0.2, 0.25) is 0 Å². The van der Waals surface area contributed by atoms with E-state index in [0.29, 0.717) is 13.1 Å². The third-order valence-electron chi connectivity index (χ3n) is 3.32. The second-order valence-corrected chi connectivity index (χ2v) is 4.72. The SMILES string of the molecule is COc1cccc(N2CC(O)C(O)C2)c1C(C)N. The van der Waals surface area contributed by atoms with Crippen LogP contribution >= 0.6 is 0 Å². The Morgan fingerprint density at radius 2 is 1.94 bits per heavy atom. The molecule has 3 atom stereocenters. The van der Waals surface area contributed by atoms with Crippen LogP contribution in [0.5, 0.6) is 5.75 Å². The molecule has 1 aliphatic rings. The van der Waals surface area contributed by atoms with Crippen LogP contribution < -0.4 is 15.4 Å². The Morgan fingerprint density at radius 3 is 2.44 bits per heavy atom. The van der Waals surface area contributed by atoms with Gasteiger partial charge in [-0.1, -0.05) is 6.07 Å². The van der Waals surface area contributed by atoms with Gasteiger partial charge in [0.05, 0.1) is 19.3 Å². The van der Waals surface area contributed by atoms with E-state index >= 15 is 0 Å². The second kappa shape index (κ2) is 5.14. The highest BCUT2D eigenvalue weighted by atomic mass is 16.5. The summed E-state index contributed by atoms with van der Waals surface area (Å²) in [5.74, 6) is 0.735. The smallest absolute Gasteiger partial charge is 0.125 e. The molecule has 5 nitrogen and oxygen atoms in total. The van der Waals surface area contributed by atoms with Crippen molar-refractivity contribution in [2.75, 3.05) is 25.1 Å². The van der Waals surface area contributed by atoms with Gasteiger partial charge in [0.15, 0.2) is 0 Å². The van der Waals surface area contributed by atoms with E-state index in [9.17, 15) is 10.2 Å². The largest absolute Gasteiger partial charge is 0.496 e. The third-order valence-corrected chi connectivity index (χ3v) is 3.32. The van der Waals surface area contributed by atoms with Crippen molar-refractivity contribution in [1.82, 2.24) is 0 Å². The molecule has 1 aliphatic heterocycles. The highest BCUT2D eigenvalue weighted by Crippen LogP contribution is 2.35. The van der Waals surface area contributed by atoms with Crippen LogP contribution in [0.15, 0.2) is 18.2 Å². The summed E-state index contributed by atoms with van der Waals surface area (Å²) in [5.41, 5.74) is 7.82. The normalized spacial score (nSPS) is 25.3. The number of anilines is 1. The van der Waals surface area contributed by atoms with Gasteiger partial charge in [0, 0.05) is 30.4 Å². The van der Waals surface area contributed by atoms with Gasteiger partial charge in [0.2, 0.25) is 0 Å². The van der Waals surface area contributed by atoms with E-state index in [-0.39, 0.29) is 6.04 Å². The number of benzene rings is 1. The number of methoxy groups -OCH3 is 1. The zero-order chi connectivity index (χ0) is 13.3. The zero-order valence-electron chi connectivity index (χ0n) is 10.7. The average molecular weight is 252 g/mol. The topological polar surface area (TPSA) is 79.0 Å². The van der Waals surface area contributed by atoms with E-state index in [1.807, 2.05) is 30.0 Å². The van der Waals surface area contributed by atoms with Crippen molar-refractivity contribution in [2.24, 2.45) is 5.73 Å². The average Bonchev–Trinajstić information content (AvgIpc) is 2.68. The molecule has 1 saturated heterocycles. The van der Waals surface area contributed by atoms with E-state index in [4.69, 9.17) is 10.5 Å². The van der Waals surface area contributed by atoms with Crippen LogP contribution in [0.25, 0.3) is 0 Å². The van der Waals surface area contributed by atoms with Gasteiger partial charge in [0.1, 0.15) is 5.75 Å². The molecule has 0 radical (unpaired) electrons. The number of β-amino-alcohol motifs (C(OH)–C–C–N with tert-alkyl or cyclic N) is 2. The van der Waals surface area contributed by atoms with Crippen LogP contribution in [-0.2, 0) is 0 Å². The molecule has 4 N–H and O–H groups in total. The quantitative estimate of drug-likeness (QED) is 0.719.